The SMILES string of the molecule is Cc1nc(N)ccc1C[N+]1(C(=O)[C@@H](CC2CCCCC2)NCc2ccccc2)CCC[C@@H]2C[C@@]21C(N)=O. The van der Waals surface area contributed by atoms with Gasteiger partial charge in [-0.3, -0.25) is 10.1 Å². The Kier molecular flexibility index (Phi) is 7.37. The summed E-state index contributed by atoms with van der Waals surface area (Å²) in [6.07, 6.45) is 9.46. The average Bonchev–Trinajstić information content (AvgIpc) is 3.66. The first-order valence-electron chi connectivity index (χ1n) is 14.1. The van der Waals surface area contributed by atoms with Crippen molar-refractivity contribution in [2.45, 2.75) is 89.4 Å². The molecule has 1 aromatic heterocycles. The number of nitrogen functional groups attached to an aromatic ring is 1. The van der Waals surface area contributed by atoms with Crippen LogP contribution in [0, 0.1) is 18.8 Å². The van der Waals surface area contributed by atoms with E-state index in [-0.39, 0.29) is 28.3 Å². The van der Waals surface area contributed by atoms with Crippen molar-refractivity contribution < 1.29 is 14.1 Å². The standard InChI is InChI=1S/C30H41N5O2/c1-21-24(14-15-27(31)34-21)20-35(16-8-13-25-18-30(25,35)29(32)37)28(36)26(17-22-9-4-2-5-10-22)33-19-23-11-6-3-7-12-23/h3,6-7,11-12,14-15,22,25-26,33H,2,4-5,8-10,13,16-20H2,1H3,(H3-,31,32,34,37)/p+1/t25-,26-,30+,35?/m1/s1. The number of hydrogen-bond acceptors (Lipinski definition) is 5. The van der Waals surface area contributed by atoms with Crippen LogP contribution in [0.1, 0.15) is 74.6 Å². The normalized spacial score (nSPS) is 28.3. The van der Waals surface area contributed by atoms with Crippen LogP contribution in [0.4, 0.5) is 5.82 Å². The zero-order chi connectivity index (χ0) is 26.0. The first-order chi connectivity index (χ1) is 17.9. The Morgan fingerprint density at radius 3 is 2.54 bits per heavy atom. The molecule has 7 heteroatoms. The Hall–Kier alpha value is -2.77. The number of aryl methyl sites for hydroxylation is 1. The third-order valence-corrected chi connectivity index (χ3v) is 9.42. The van der Waals surface area contributed by atoms with Crippen LogP contribution in [0.25, 0.3) is 0 Å². The van der Waals surface area contributed by atoms with E-state index in [2.05, 4.69) is 22.4 Å². The second-order valence-corrected chi connectivity index (χ2v) is 11.7. The van der Waals surface area contributed by atoms with Crippen molar-refractivity contribution in [3.63, 3.8) is 0 Å². The van der Waals surface area contributed by atoms with Crippen molar-refractivity contribution >= 4 is 17.6 Å². The number of primary amides is 1. The molecule has 7 nitrogen and oxygen atoms in total. The summed E-state index contributed by atoms with van der Waals surface area (Å²) in [7, 11) is 0. The molecule has 5 rings (SSSR count). The zero-order valence-electron chi connectivity index (χ0n) is 22.1. The molecular formula is C30H42N5O2+. The Morgan fingerprint density at radius 2 is 1.84 bits per heavy atom. The van der Waals surface area contributed by atoms with Gasteiger partial charge in [-0.2, -0.15) is 0 Å². The lowest BCUT2D eigenvalue weighted by Crippen LogP contribution is -2.71. The fraction of sp³-hybridized carbons (Fsp3) is 0.567. The molecule has 2 saturated carbocycles. The number of anilines is 1. The molecule has 4 atom stereocenters. The highest BCUT2D eigenvalue weighted by Crippen LogP contribution is 2.59. The minimum absolute atomic E-state index is 0.110. The summed E-state index contributed by atoms with van der Waals surface area (Å²) >= 11 is 0. The fourth-order valence-corrected chi connectivity index (χ4v) is 7.34. The summed E-state index contributed by atoms with van der Waals surface area (Å²) in [5, 5.41) is 3.66. The van der Waals surface area contributed by atoms with Gasteiger partial charge in [0.2, 0.25) is 0 Å². The minimum Gasteiger partial charge on any atom is -0.384 e. The van der Waals surface area contributed by atoms with Gasteiger partial charge in [-0.05, 0) is 49.8 Å². The summed E-state index contributed by atoms with van der Waals surface area (Å²) in [6, 6.07) is 13.7. The number of nitrogens with two attached hydrogens (primary N) is 2. The van der Waals surface area contributed by atoms with E-state index in [4.69, 9.17) is 11.5 Å². The maximum atomic E-state index is 14.9. The van der Waals surface area contributed by atoms with Crippen LogP contribution < -0.4 is 16.8 Å². The lowest BCUT2D eigenvalue weighted by Gasteiger charge is -2.46. The number of fused-ring (bicyclic) bond motifs is 1. The third kappa shape index (κ3) is 4.91. The van der Waals surface area contributed by atoms with Gasteiger partial charge >= 0.3 is 5.91 Å². The number of carbonyl (C=O) groups is 2. The lowest BCUT2D eigenvalue weighted by atomic mass is 9.83. The first kappa shape index (κ1) is 25.9. The van der Waals surface area contributed by atoms with E-state index in [0.717, 1.165) is 36.1 Å². The van der Waals surface area contributed by atoms with Crippen LogP contribution in [-0.2, 0) is 22.7 Å². The average molecular weight is 505 g/mol. The highest BCUT2D eigenvalue weighted by Gasteiger charge is 2.76. The number of pyridine rings is 1. The quantitative estimate of drug-likeness (QED) is 0.447. The van der Waals surface area contributed by atoms with Crippen molar-refractivity contribution in [2.75, 3.05) is 12.3 Å². The lowest BCUT2D eigenvalue weighted by molar-refractivity contribution is -0.900. The van der Waals surface area contributed by atoms with Crippen LogP contribution in [0.15, 0.2) is 42.5 Å². The second kappa shape index (κ2) is 10.5. The molecule has 0 radical (unpaired) electrons. The zero-order valence-corrected chi connectivity index (χ0v) is 22.1. The van der Waals surface area contributed by atoms with Crippen LogP contribution in [-0.4, -0.2) is 39.4 Å². The Morgan fingerprint density at radius 1 is 1.08 bits per heavy atom. The molecule has 2 heterocycles. The molecule has 0 spiro atoms. The van der Waals surface area contributed by atoms with Gasteiger partial charge < -0.3 is 11.5 Å². The van der Waals surface area contributed by atoms with Gasteiger partial charge in [-0.25, -0.2) is 14.3 Å². The molecule has 1 saturated heterocycles. The molecule has 1 aliphatic heterocycles. The number of piperidine rings is 1. The van der Waals surface area contributed by atoms with Crippen LogP contribution >= 0.6 is 0 Å². The molecule has 3 fully saturated rings. The van der Waals surface area contributed by atoms with E-state index in [1.54, 1.807) is 6.07 Å². The maximum absolute atomic E-state index is 14.9. The van der Waals surface area contributed by atoms with E-state index < -0.39 is 5.54 Å². The Balaban J connectivity index is 1.51. The van der Waals surface area contributed by atoms with Gasteiger partial charge in [0, 0.05) is 30.1 Å². The van der Waals surface area contributed by atoms with Gasteiger partial charge in [-0.15, -0.1) is 0 Å². The Labute approximate surface area is 220 Å². The second-order valence-electron chi connectivity index (χ2n) is 11.7. The van der Waals surface area contributed by atoms with Gasteiger partial charge in [0.15, 0.2) is 5.54 Å². The van der Waals surface area contributed by atoms with Crippen molar-refractivity contribution in [1.29, 1.82) is 0 Å². The molecule has 1 unspecified atom stereocenters. The molecule has 2 aromatic rings. The van der Waals surface area contributed by atoms with Crippen molar-refractivity contribution in [2.24, 2.45) is 17.6 Å². The monoisotopic (exact) mass is 504 g/mol. The van der Waals surface area contributed by atoms with E-state index in [1.165, 1.54) is 32.1 Å². The van der Waals surface area contributed by atoms with E-state index in [1.807, 2.05) is 31.2 Å². The fourth-order valence-electron chi connectivity index (χ4n) is 7.34. The number of amides is 2. The van der Waals surface area contributed by atoms with Gasteiger partial charge in [0.1, 0.15) is 18.4 Å². The number of likely N-dealkylation sites (tertiary alicyclic amines) is 1. The third-order valence-electron chi connectivity index (χ3n) is 9.42. The summed E-state index contributed by atoms with van der Waals surface area (Å²) in [5.41, 5.74) is 14.2. The summed E-state index contributed by atoms with van der Waals surface area (Å²) in [5.74, 6) is 0.959. The predicted molar refractivity (Wildman–Crippen MR) is 145 cm³/mol. The number of nitrogens with zero attached hydrogens (tertiary/aromatic N) is 2. The largest absolute Gasteiger partial charge is 0.384 e. The number of carbonyl (C=O) groups excluding carboxylic acids is 2. The number of nitrogens with one attached hydrogen (secondary N) is 1. The molecule has 0 bridgehead atoms. The van der Waals surface area contributed by atoms with Crippen molar-refractivity contribution in [3.8, 4) is 0 Å². The molecule has 2 amide bonds. The molecule has 198 valence electrons. The maximum Gasteiger partial charge on any atom is 0.331 e. The van der Waals surface area contributed by atoms with Crippen LogP contribution in [0.3, 0.4) is 0 Å². The molecular weight excluding hydrogens is 462 g/mol. The Bertz CT molecular complexity index is 1130. The smallest absolute Gasteiger partial charge is 0.331 e. The van der Waals surface area contributed by atoms with Crippen LogP contribution in [0.5, 0.6) is 0 Å². The number of quaternary nitrogens is 1. The van der Waals surface area contributed by atoms with Gasteiger partial charge in [-0.1, -0.05) is 62.4 Å². The van der Waals surface area contributed by atoms with E-state index in [9.17, 15) is 9.59 Å². The number of hydrogen-bond donors (Lipinski definition) is 3. The molecule has 2 aliphatic carbocycles. The van der Waals surface area contributed by atoms with Crippen LogP contribution in [0.2, 0.25) is 0 Å². The van der Waals surface area contributed by atoms with Crippen molar-refractivity contribution in [1.82, 2.24) is 10.3 Å². The number of aromatic nitrogens is 1. The first-order valence-corrected chi connectivity index (χ1v) is 14.1. The number of benzene rings is 1. The van der Waals surface area contributed by atoms with E-state index >= 15 is 0 Å². The number of rotatable bonds is 9. The minimum atomic E-state index is -0.817. The highest BCUT2D eigenvalue weighted by atomic mass is 16.2. The van der Waals surface area contributed by atoms with Gasteiger partial charge in [0.25, 0.3) is 5.91 Å². The molecule has 3 aliphatic rings. The summed E-state index contributed by atoms with van der Waals surface area (Å²) in [6.45, 7) is 3.63. The summed E-state index contributed by atoms with van der Waals surface area (Å²) in [4.78, 5) is 32.5. The van der Waals surface area contributed by atoms with Crippen molar-refractivity contribution in [3.05, 3.63) is 59.3 Å². The summed E-state index contributed by atoms with van der Waals surface area (Å²) < 4.78 is 0.110. The molecule has 5 N–H and O–H groups in total. The topological polar surface area (TPSA) is 111 Å². The molecule has 1 aromatic carbocycles. The molecule has 37 heavy (non-hydrogen) atoms. The van der Waals surface area contributed by atoms with Gasteiger partial charge in [0.05, 0.1) is 6.54 Å². The predicted octanol–water partition coefficient (Wildman–Crippen LogP) is 3.98. The highest BCUT2D eigenvalue weighted by molar-refractivity contribution is 5.91. The van der Waals surface area contributed by atoms with E-state index in [0.29, 0.717) is 37.8 Å².